The number of carbonyl (C=O) groups is 2. The van der Waals surface area contributed by atoms with E-state index in [0.717, 1.165) is 16.0 Å². The average molecular weight is 391 g/mol. The lowest BCUT2D eigenvalue weighted by Gasteiger charge is -2.17. The van der Waals surface area contributed by atoms with Gasteiger partial charge in [-0.25, -0.2) is 0 Å². The molecule has 3 rings (SSSR count). The SMILES string of the molecule is CSc1ccccc1NC(=O)COC(=O)C(c1ccccc1)c1ccccc1. The molecule has 0 atom stereocenters. The number of hydrogen-bond acceptors (Lipinski definition) is 4. The Morgan fingerprint density at radius 3 is 1.96 bits per heavy atom. The second kappa shape index (κ2) is 9.76. The maximum Gasteiger partial charge on any atom is 0.318 e. The van der Waals surface area contributed by atoms with Crippen molar-refractivity contribution in [3.63, 3.8) is 0 Å². The molecule has 142 valence electrons. The topological polar surface area (TPSA) is 55.4 Å². The fourth-order valence-corrected chi connectivity index (χ4v) is 3.46. The molecule has 5 heteroatoms. The van der Waals surface area contributed by atoms with Crippen molar-refractivity contribution in [1.82, 2.24) is 0 Å². The van der Waals surface area contributed by atoms with Crippen molar-refractivity contribution >= 4 is 29.3 Å². The Bertz CT molecular complexity index is 889. The van der Waals surface area contributed by atoms with Crippen molar-refractivity contribution in [2.45, 2.75) is 10.8 Å². The summed E-state index contributed by atoms with van der Waals surface area (Å²) >= 11 is 1.54. The molecule has 0 heterocycles. The number of nitrogens with one attached hydrogen (secondary N) is 1. The quantitative estimate of drug-likeness (QED) is 0.468. The van der Waals surface area contributed by atoms with E-state index < -0.39 is 11.9 Å². The Labute approximate surface area is 168 Å². The van der Waals surface area contributed by atoms with Gasteiger partial charge in [-0.2, -0.15) is 0 Å². The minimum atomic E-state index is -0.575. The molecular formula is C23H21NO3S. The molecule has 1 amide bonds. The first-order chi connectivity index (χ1) is 13.7. The van der Waals surface area contributed by atoms with Gasteiger partial charge in [0.2, 0.25) is 0 Å². The maximum atomic E-state index is 12.8. The monoisotopic (exact) mass is 391 g/mol. The van der Waals surface area contributed by atoms with E-state index in [1.54, 1.807) is 0 Å². The summed E-state index contributed by atoms with van der Waals surface area (Å²) < 4.78 is 5.36. The Hall–Kier alpha value is -3.05. The molecule has 0 radical (unpaired) electrons. The molecule has 0 aliphatic heterocycles. The zero-order chi connectivity index (χ0) is 19.8. The molecule has 0 saturated heterocycles. The lowest BCUT2D eigenvalue weighted by Crippen LogP contribution is -2.24. The second-order valence-corrected chi connectivity index (χ2v) is 6.96. The predicted molar refractivity (Wildman–Crippen MR) is 113 cm³/mol. The van der Waals surface area contributed by atoms with Crippen molar-refractivity contribution in [2.75, 3.05) is 18.2 Å². The number of thioether (sulfide) groups is 1. The fraction of sp³-hybridized carbons (Fsp3) is 0.130. The highest BCUT2D eigenvalue weighted by atomic mass is 32.2. The van der Waals surface area contributed by atoms with Crippen LogP contribution in [0.15, 0.2) is 89.8 Å². The van der Waals surface area contributed by atoms with E-state index in [-0.39, 0.29) is 12.5 Å². The summed E-state index contributed by atoms with van der Waals surface area (Å²) in [7, 11) is 0. The molecule has 0 aliphatic carbocycles. The van der Waals surface area contributed by atoms with Gasteiger partial charge in [-0.3, -0.25) is 9.59 Å². The van der Waals surface area contributed by atoms with E-state index in [2.05, 4.69) is 5.32 Å². The van der Waals surface area contributed by atoms with Crippen LogP contribution in [0.1, 0.15) is 17.0 Å². The van der Waals surface area contributed by atoms with Crippen LogP contribution in [0.4, 0.5) is 5.69 Å². The van der Waals surface area contributed by atoms with Crippen LogP contribution in [-0.2, 0) is 14.3 Å². The van der Waals surface area contributed by atoms with Gasteiger partial charge in [0.05, 0.1) is 5.69 Å². The first-order valence-electron chi connectivity index (χ1n) is 8.88. The summed E-state index contributed by atoms with van der Waals surface area (Å²) in [4.78, 5) is 26.1. The van der Waals surface area contributed by atoms with E-state index in [9.17, 15) is 9.59 Å². The summed E-state index contributed by atoms with van der Waals surface area (Å²) in [6.45, 7) is -0.336. The summed E-state index contributed by atoms with van der Waals surface area (Å²) in [6.07, 6.45) is 1.94. The molecule has 0 unspecified atom stereocenters. The zero-order valence-corrected chi connectivity index (χ0v) is 16.3. The van der Waals surface area contributed by atoms with Crippen LogP contribution in [0.2, 0.25) is 0 Å². The molecule has 0 aliphatic rings. The third-order valence-electron chi connectivity index (χ3n) is 4.23. The second-order valence-electron chi connectivity index (χ2n) is 6.11. The number of ether oxygens (including phenoxy) is 1. The Morgan fingerprint density at radius 2 is 1.39 bits per heavy atom. The number of carbonyl (C=O) groups excluding carboxylic acids is 2. The molecule has 3 aromatic carbocycles. The van der Waals surface area contributed by atoms with Gasteiger partial charge in [0.25, 0.3) is 5.91 Å². The number of benzene rings is 3. The highest BCUT2D eigenvalue weighted by Gasteiger charge is 2.24. The first kappa shape index (κ1) is 19.7. The third-order valence-corrected chi connectivity index (χ3v) is 5.02. The van der Waals surface area contributed by atoms with Crippen molar-refractivity contribution in [2.24, 2.45) is 0 Å². The van der Waals surface area contributed by atoms with Crippen LogP contribution in [0.3, 0.4) is 0 Å². The highest BCUT2D eigenvalue weighted by Crippen LogP contribution is 2.26. The summed E-state index contributed by atoms with van der Waals surface area (Å²) in [5, 5.41) is 2.80. The van der Waals surface area contributed by atoms with Gasteiger partial charge in [-0.1, -0.05) is 72.8 Å². The number of anilines is 1. The number of rotatable bonds is 7. The van der Waals surface area contributed by atoms with E-state index >= 15 is 0 Å². The number of amides is 1. The van der Waals surface area contributed by atoms with Crippen molar-refractivity contribution in [3.8, 4) is 0 Å². The number of para-hydroxylation sites is 1. The van der Waals surface area contributed by atoms with Gasteiger partial charge in [0, 0.05) is 4.90 Å². The standard InChI is InChI=1S/C23H21NO3S/c1-28-20-15-9-8-14-19(20)24-21(25)16-27-23(26)22(17-10-4-2-5-11-17)18-12-6-3-7-13-18/h2-15,22H,16H2,1H3,(H,24,25). The summed E-state index contributed by atoms with van der Waals surface area (Å²) in [5.74, 6) is -1.39. The Morgan fingerprint density at radius 1 is 0.857 bits per heavy atom. The van der Waals surface area contributed by atoms with Gasteiger partial charge in [-0.05, 0) is 29.5 Å². The molecule has 4 nitrogen and oxygen atoms in total. The molecule has 1 N–H and O–H groups in total. The van der Waals surface area contributed by atoms with E-state index in [0.29, 0.717) is 5.69 Å². The van der Waals surface area contributed by atoms with Crippen molar-refractivity contribution < 1.29 is 14.3 Å². The van der Waals surface area contributed by atoms with Crippen molar-refractivity contribution in [3.05, 3.63) is 96.1 Å². The highest BCUT2D eigenvalue weighted by molar-refractivity contribution is 7.98. The minimum absolute atomic E-state index is 0.336. The van der Waals surface area contributed by atoms with Crippen LogP contribution in [0.25, 0.3) is 0 Å². The van der Waals surface area contributed by atoms with Crippen LogP contribution in [-0.4, -0.2) is 24.7 Å². The van der Waals surface area contributed by atoms with E-state index in [4.69, 9.17) is 4.74 Å². The smallest absolute Gasteiger partial charge is 0.318 e. The summed E-state index contributed by atoms with van der Waals surface area (Å²) in [5.41, 5.74) is 2.36. The lowest BCUT2D eigenvalue weighted by molar-refractivity contribution is -0.147. The van der Waals surface area contributed by atoms with Crippen LogP contribution in [0.5, 0.6) is 0 Å². The Kier molecular flexibility index (Phi) is 6.87. The van der Waals surface area contributed by atoms with Crippen LogP contribution < -0.4 is 5.32 Å². The van der Waals surface area contributed by atoms with Crippen LogP contribution in [0, 0.1) is 0 Å². The summed E-state index contributed by atoms with van der Waals surface area (Å²) in [6, 6.07) is 26.3. The van der Waals surface area contributed by atoms with E-state index in [1.807, 2.05) is 91.2 Å². The predicted octanol–water partition coefficient (Wildman–Crippen LogP) is 4.72. The molecule has 0 aromatic heterocycles. The number of esters is 1. The molecule has 28 heavy (non-hydrogen) atoms. The van der Waals surface area contributed by atoms with Gasteiger partial charge in [0.1, 0.15) is 5.92 Å². The van der Waals surface area contributed by atoms with Gasteiger partial charge in [0.15, 0.2) is 6.61 Å². The minimum Gasteiger partial charge on any atom is -0.455 e. The maximum absolute atomic E-state index is 12.8. The normalized spacial score (nSPS) is 10.5. The molecule has 0 bridgehead atoms. The van der Waals surface area contributed by atoms with Gasteiger partial charge >= 0.3 is 5.97 Å². The van der Waals surface area contributed by atoms with Gasteiger partial charge < -0.3 is 10.1 Å². The Balaban J connectivity index is 1.70. The lowest BCUT2D eigenvalue weighted by atomic mass is 9.91. The van der Waals surface area contributed by atoms with Crippen molar-refractivity contribution in [1.29, 1.82) is 0 Å². The molecule has 3 aromatic rings. The van der Waals surface area contributed by atoms with Crippen LogP contribution >= 0.6 is 11.8 Å². The average Bonchev–Trinajstić information content (AvgIpc) is 2.74. The molecular weight excluding hydrogens is 370 g/mol. The fourth-order valence-electron chi connectivity index (χ4n) is 2.91. The number of hydrogen-bond donors (Lipinski definition) is 1. The molecule has 0 spiro atoms. The first-order valence-corrected chi connectivity index (χ1v) is 10.1. The largest absolute Gasteiger partial charge is 0.455 e. The third kappa shape index (κ3) is 5.02. The van der Waals surface area contributed by atoms with Gasteiger partial charge in [-0.15, -0.1) is 11.8 Å². The molecule has 0 fully saturated rings. The molecule has 0 saturated carbocycles. The van der Waals surface area contributed by atoms with E-state index in [1.165, 1.54) is 11.8 Å². The zero-order valence-electron chi connectivity index (χ0n) is 15.5.